The van der Waals surface area contributed by atoms with Gasteiger partial charge in [0.15, 0.2) is 0 Å². The fourth-order valence-electron chi connectivity index (χ4n) is 2.72. The fraction of sp³-hybridized carbons (Fsp3) is 0.150. The molecule has 122 valence electrons. The molecule has 0 atom stereocenters. The Kier molecular flexibility index (Phi) is 4.77. The number of ether oxygens (including phenoxy) is 2. The molecule has 1 N–H and O–H groups in total. The van der Waals surface area contributed by atoms with E-state index in [0.717, 1.165) is 10.9 Å². The molecule has 0 aliphatic heterocycles. The van der Waals surface area contributed by atoms with E-state index in [2.05, 4.69) is 24.3 Å². The molecular weight excluding hydrogens is 304 g/mol. The summed E-state index contributed by atoms with van der Waals surface area (Å²) in [5.74, 6) is -0.675. The Morgan fingerprint density at radius 2 is 1.75 bits per heavy atom. The maximum absolute atomic E-state index is 11.4. The number of hydrogen-bond acceptors (Lipinski definition) is 3. The Bertz CT molecular complexity index is 870. The van der Waals surface area contributed by atoms with Gasteiger partial charge >= 0.3 is 5.97 Å². The number of carboxylic acids is 1. The van der Waals surface area contributed by atoms with Gasteiger partial charge in [0.2, 0.25) is 0 Å². The smallest absolute Gasteiger partial charge is 0.339 e. The molecule has 0 radical (unpaired) electrons. The van der Waals surface area contributed by atoms with Crippen LogP contribution in [-0.4, -0.2) is 18.2 Å². The molecule has 0 spiro atoms. The number of methoxy groups -OCH3 is 1. The second kappa shape index (κ2) is 7.15. The van der Waals surface area contributed by atoms with E-state index in [0.29, 0.717) is 17.9 Å². The number of benzene rings is 3. The fourth-order valence-corrected chi connectivity index (χ4v) is 2.72. The van der Waals surface area contributed by atoms with Gasteiger partial charge in [0.05, 0.1) is 20.3 Å². The van der Waals surface area contributed by atoms with Gasteiger partial charge in [0.1, 0.15) is 11.3 Å². The molecule has 0 heterocycles. The molecule has 0 aromatic heterocycles. The van der Waals surface area contributed by atoms with E-state index in [9.17, 15) is 9.90 Å². The monoisotopic (exact) mass is 322 g/mol. The normalized spacial score (nSPS) is 10.7. The number of aromatic carboxylic acids is 1. The van der Waals surface area contributed by atoms with E-state index >= 15 is 0 Å². The minimum atomic E-state index is -1.02. The molecule has 0 aliphatic carbocycles. The second-order valence-electron chi connectivity index (χ2n) is 5.47. The average molecular weight is 322 g/mol. The van der Waals surface area contributed by atoms with E-state index in [1.165, 1.54) is 12.5 Å². The van der Waals surface area contributed by atoms with Crippen molar-refractivity contribution in [3.8, 4) is 5.75 Å². The van der Waals surface area contributed by atoms with Crippen LogP contribution in [0, 0.1) is 0 Å². The third kappa shape index (κ3) is 3.39. The van der Waals surface area contributed by atoms with Gasteiger partial charge in [-0.25, -0.2) is 4.79 Å². The molecule has 0 aliphatic rings. The molecule has 0 fully saturated rings. The Morgan fingerprint density at radius 3 is 2.50 bits per heavy atom. The van der Waals surface area contributed by atoms with Gasteiger partial charge in [-0.2, -0.15) is 0 Å². The summed E-state index contributed by atoms with van der Waals surface area (Å²) in [7, 11) is 1.46. The van der Waals surface area contributed by atoms with Crippen LogP contribution in [0.25, 0.3) is 10.8 Å². The molecule has 4 heteroatoms. The lowest BCUT2D eigenvalue weighted by molar-refractivity contribution is 0.0680. The summed E-state index contributed by atoms with van der Waals surface area (Å²) in [6, 6.07) is 19.4. The highest BCUT2D eigenvalue weighted by molar-refractivity contribution is 5.92. The number of carbonyl (C=O) groups is 1. The van der Waals surface area contributed by atoms with Crippen LogP contribution in [0.1, 0.15) is 21.5 Å². The van der Waals surface area contributed by atoms with Gasteiger partial charge in [-0.05, 0) is 34.0 Å². The highest BCUT2D eigenvalue weighted by Crippen LogP contribution is 2.23. The van der Waals surface area contributed by atoms with Crippen molar-refractivity contribution in [1.82, 2.24) is 0 Å². The Morgan fingerprint density at radius 1 is 0.958 bits per heavy atom. The molecule has 0 amide bonds. The van der Waals surface area contributed by atoms with Crippen molar-refractivity contribution in [3.05, 3.63) is 77.4 Å². The minimum absolute atomic E-state index is 0.151. The number of fused-ring (bicyclic) bond motifs is 1. The summed E-state index contributed by atoms with van der Waals surface area (Å²) in [5.41, 5.74) is 1.80. The van der Waals surface area contributed by atoms with Gasteiger partial charge in [-0.1, -0.05) is 48.5 Å². The zero-order valence-electron chi connectivity index (χ0n) is 13.4. The zero-order chi connectivity index (χ0) is 16.9. The molecule has 3 aromatic carbocycles. The minimum Gasteiger partial charge on any atom is -0.496 e. The largest absolute Gasteiger partial charge is 0.496 e. The van der Waals surface area contributed by atoms with Crippen molar-refractivity contribution < 1.29 is 19.4 Å². The maximum Gasteiger partial charge on any atom is 0.339 e. The number of carboxylic acid groups (broad SMARTS) is 1. The maximum atomic E-state index is 11.4. The number of rotatable bonds is 6. The van der Waals surface area contributed by atoms with Crippen molar-refractivity contribution >= 4 is 16.7 Å². The number of hydrogen-bond donors (Lipinski definition) is 1. The van der Waals surface area contributed by atoms with Gasteiger partial charge in [-0.15, -0.1) is 0 Å². The third-order valence-corrected chi connectivity index (χ3v) is 3.89. The molecular formula is C20H18O4. The van der Waals surface area contributed by atoms with Crippen LogP contribution in [0.15, 0.2) is 60.7 Å². The summed E-state index contributed by atoms with van der Waals surface area (Å²) in [6.45, 7) is 0.632. The van der Waals surface area contributed by atoms with Gasteiger partial charge in [-0.3, -0.25) is 0 Å². The summed E-state index contributed by atoms with van der Waals surface area (Å²) < 4.78 is 10.8. The predicted octanol–water partition coefficient (Wildman–Crippen LogP) is 4.26. The highest BCUT2D eigenvalue weighted by atomic mass is 16.5. The van der Waals surface area contributed by atoms with Crippen molar-refractivity contribution in [1.29, 1.82) is 0 Å². The van der Waals surface area contributed by atoms with Crippen LogP contribution in [0.4, 0.5) is 0 Å². The van der Waals surface area contributed by atoms with Gasteiger partial charge in [0.25, 0.3) is 0 Å². The van der Waals surface area contributed by atoms with E-state index in [1.54, 1.807) is 18.2 Å². The lowest BCUT2D eigenvalue weighted by Gasteiger charge is -2.11. The van der Waals surface area contributed by atoms with Gasteiger partial charge < -0.3 is 14.6 Å². The molecule has 0 saturated heterocycles. The molecule has 24 heavy (non-hydrogen) atoms. The zero-order valence-corrected chi connectivity index (χ0v) is 13.4. The molecule has 0 saturated carbocycles. The van der Waals surface area contributed by atoms with Crippen LogP contribution < -0.4 is 4.74 Å². The molecule has 0 unspecified atom stereocenters. The van der Waals surface area contributed by atoms with Crippen molar-refractivity contribution in [2.75, 3.05) is 7.11 Å². The van der Waals surface area contributed by atoms with Gasteiger partial charge in [0, 0.05) is 0 Å². The Labute approximate surface area is 140 Å². The van der Waals surface area contributed by atoms with Crippen molar-refractivity contribution in [2.45, 2.75) is 13.2 Å². The lowest BCUT2D eigenvalue weighted by atomic mass is 10.1. The highest BCUT2D eigenvalue weighted by Gasteiger charge is 2.16. The van der Waals surface area contributed by atoms with Crippen molar-refractivity contribution in [3.63, 3.8) is 0 Å². The SMILES string of the molecule is COc1cccc(COCc2ccc3ccccc3c2)c1C(=O)O. The second-order valence-corrected chi connectivity index (χ2v) is 5.47. The summed E-state index contributed by atoms with van der Waals surface area (Å²) >= 11 is 0. The third-order valence-electron chi connectivity index (χ3n) is 3.89. The Balaban J connectivity index is 1.73. The average Bonchev–Trinajstić information content (AvgIpc) is 2.61. The summed E-state index contributed by atoms with van der Waals surface area (Å²) in [4.78, 5) is 11.4. The first-order valence-electron chi connectivity index (χ1n) is 7.63. The quantitative estimate of drug-likeness (QED) is 0.736. The van der Waals surface area contributed by atoms with Crippen LogP contribution in [0.2, 0.25) is 0 Å². The topological polar surface area (TPSA) is 55.8 Å². The molecule has 4 nitrogen and oxygen atoms in total. The van der Waals surface area contributed by atoms with Crippen LogP contribution in [-0.2, 0) is 18.0 Å². The first kappa shape index (κ1) is 16.0. The van der Waals surface area contributed by atoms with Crippen LogP contribution >= 0.6 is 0 Å². The first-order valence-corrected chi connectivity index (χ1v) is 7.63. The lowest BCUT2D eigenvalue weighted by Crippen LogP contribution is -2.07. The summed E-state index contributed by atoms with van der Waals surface area (Å²) in [6.07, 6.45) is 0. The van der Waals surface area contributed by atoms with E-state index in [1.807, 2.05) is 18.2 Å². The molecule has 3 aromatic rings. The summed E-state index contributed by atoms with van der Waals surface area (Å²) in [5, 5.41) is 11.7. The van der Waals surface area contributed by atoms with E-state index in [-0.39, 0.29) is 12.2 Å². The molecule has 3 rings (SSSR count). The van der Waals surface area contributed by atoms with E-state index < -0.39 is 5.97 Å². The molecule has 0 bridgehead atoms. The van der Waals surface area contributed by atoms with E-state index in [4.69, 9.17) is 9.47 Å². The predicted molar refractivity (Wildman–Crippen MR) is 92.4 cm³/mol. The van der Waals surface area contributed by atoms with Crippen LogP contribution in [0.5, 0.6) is 5.75 Å². The standard InChI is InChI=1S/C20H18O4/c1-23-18-8-4-7-17(19(18)20(21)22)13-24-12-14-9-10-15-5-2-3-6-16(15)11-14/h2-11H,12-13H2,1H3,(H,21,22). The Hall–Kier alpha value is -2.85. The first-order chi connectivity index (χ1) is 11.7. The van der Waals surface area contributed by atoms with Crippen LogP contribution in [0.3, 0.4) is 0 Å². The van der Waals surface area contributed by atoms with Crippen molar-refractivity contribution in [2.24, 2.45) is 0 Å².